The Hall–Kier alpha value is -1.58. The van der Waals surface area contributed by atoms with Crippen molar-refractivity contribution in [3.05, 3.63) is 24.8 Å². The van der Waals surface area contributed by atoms with Crippen molar-refractivity contribution >= 4 is 12.2 Å². The third-order valence-electron chi connectivity index (χ3n) is 1.53. The Morgan fingerprint density at radius 3 is 2.38 bits per heavy atom. The molecular formula is C9H14N2O2. The molecule has 0 fully saturated rings. The van der Waals surface area contributed by atoms with Gasteiger partial charge in [-0.3, -0.25) is 0 Å². The molecule has 0 aromatic carbocycles. The minimum Gasteiger partial charge on any atom is -0.550 e. The van der Waals surface area contributed by atoms with Crippen molar-refractivity contribution in [2.45, 2.75) is 13.8 Å². The summed E-state index contributed by atoms with van der Waals surface area (Å²) < 4.78 is 4.02. The highest BCUT2D eigenvalue weighted by Crippen LogP contribution is 1.90. The maximum atomic E-state index is 8.89. The lowest BCUT2D eigenvalue weighted by molar-refractivity contribution is -0.676. The zero-order valence-corrected chi connectivity index (χ0v) is 8.15. The summed E-state index contributed by atoms with van der Waals surface area (Å²) in [5.41, 5.74) is 0. The molecule has 72 valence electrons. The zero-order valence-electron chi connectivity index (χ0n) is 8.15. The maximum Gasteiger partial charge on any atom is 0.257 e. The monoisotopic (exact) mass is 182 g/mol. The summed E-state index contributed by atoms with van der Waals surface area (Å²) in [5, 5.41) is 8.89. The lowest BCUT2D eigenvalue weighted by Crippen LogP contribution is -2.28. The van der Waals surface area contributed by atoms with Crippen LogP contribution in [0.3, 0.4) is 0 Å². The second kappa shape index (κ2) is 5.13. The molecule has 0 N–H and O–H groups in total. The summed E-state index contributed by atoms with van der Waals surface area (Å²) in [4.78, 5) is 8.89. The quantitative estimate of drug-likeness (QED) is 0.549. The smallest absolute Gasteiger partial charge is 0.257 e. The number of aromatic nitrogens is 2. The number of carboxylic acid groups (broad SMARTS) is 1. The van der Waals surface area contributed by atoms with E-state index in [0.717, 1.165) is 6.92 Å². The average molecular weight is 182 g/mol. The number of carbonyl (C=O) groups is 1. The molecule has 13 heavy (non-hydrogen) atoms. The van der Waals surface area contributed by atoms with Crippen molar-refractivity contribution < 1.29 is 14.5 Å². The molecule has 0 amide bonds. The molecule has 1 aromatic heterocycles. The van der Waals surface area contributed by atoms with Crippen LogP contribution in [0, 0.1) is 6.92 Å². The Morgan fingerprint density at radius 2 is 2.23 bits per heavy atom. The number of aliphatic carboxylic acids is 1. The van der Waals surface area contributed by atoms with E-state index >= 15 is 0 Å². The van der Waals surface area contributed by atoms with Gasteiger partial charge in [0, 0.05) is 12.9 Å². The molecule has 0 radical (unpaired) electrons. The third-order valence-corrected chi connectivity index (χ3v) is 1.53. The normalized spacial score (nSPS) is 8.54. The van der Waals surface area contributed by atoms with Gasteiger partial charge in [-0.15, -0.1) is 0 Å². The number of aryl methyl sites for hydroxylation is 1. The second-order valence-corrected chi connectivity index (χ2v) is 2.54. The van der Waals surface area contributed by atoms with Crippen LogP contribution in [0.5, 0.6) is 0 Å². The number of hydrogen-bond donors (Lipinski definition) is 0. The Kier molecular flexibility index (Phi) is 4.51. The minimum absolute atomic E-state index is 0.972. The first kappa shape index (κ1) is 11.4. The highest BCUT2D eigenvalue weighted by molar-refractivity contribution is 5.60. The molecule has 0 saturated carbocycles. The minimum atomic E-state index is -1.08. The molecule has 0 spiro atoms. The summed E-state index contributed by atoms with van der Waals surface area (Å²) in [6.45, 7) is 6.67. The van der Waals surface area contributed by atoms with E-state index in [-0.39, 0.29) is 0 Å². The summed E-state index contributed by atoms with van der Waals surface area (Å²) in [7, 11) is 2.01. The first-order valence-electron chi connectivity index (χ1n) is 3.82. The van der Waals surface area contributed by atoms with Gasteiger partial charge in [-0.2, -0.15) is 0 Å². The van der Waals surface area contributed by atoms with E-state index in [4.69, 9.17) is 9.90 Å². The molecule has 0 bridgehead atoms. The van der Waals surface area contributed by atoms with Crippen LogP contribution in [0.4, 0.5) is 0 Å². The molecule has 0 aliphatic rings. The largest absolute Gasteiger partial charge is 0.550 e. The van der Waals surface area contributed by atoms with Crippen molar-refractivity contribution in [2.75, 3.05) is 0 Å². The van der Waals surface area contributed by atoms with Gasteiger partial charge >= 0.3 is 0 Å². The number of imidazole rings is 1. The van der Waals surface area contributed by atoms with Crippen LogP contribution in [0.25, 0.3) is 6.20 Å². The lowest BCUT2D eigenvalue weighted by Gasteiger charge is -1.86. The van der Waals surface area contributed by atoms with Crippen molar-refractivity contribution in [1.29, 1.82) is 0 Å². The van der Waals surface area contributed by atoms with Gasteiger partial charge in [-0.05, 0) is 6.92 Å². The topological polar surface area (TPSA) is 48.9 Å². The van der Waals surface area contributed by atoms with E-state index in [1.54, 1.807) is 6.20 Å². The third kappa shape index (κ3) is 4.10. The zero-order chi connectivity index (χ0) is 10.4. The van der Waals surface area contributed by atoms with E-state index in [0.29, 0.717) is 0 Å². The van der Waals surface area contributed by atoms with Crippen LogP contribution in [0.1, 0.15) is 12.7 Å². The molecule has 1 aromatic rings. The van der Waals surface area contributed by atoms with Crippen molar-refractivity contribution in [1.82, 2.24) is 4.57 Å². The SMILES string of the molecule is C=Cn1cc[n+](C)c1C.CC(=O)[O-]. The predicted octanol–water partition coefficient (Wildman–Crippen LogP) is -0.522. The van der Waals surface area contributed by atoms with Gasteiger partial charge in [-0.1, -0.05) is 6.58 Å². The molecule has 0 aliphatic carbocycles. The van der Waals surface area contributed by atoms with E-state index < -0.39 is 5.97 Å². The second-order valence-electron chi connectivity index (χ2n) is 2.54. The summed E-state index contributed by atoms with van der Waals surface area (Å²) >= 11 is 0. The molecule has 4 nitrogen and oxygen atoms in total. The van der Waals surface area contributed by atoms with Gasteiger partial charge in [0.1, 0.15) is 12.4 Å². The van der Waals surface area contributed by atoms with E-state index in [9.17, 15) is 0 Å². The molecule has 0 unspecified atom stereocenters. The Bertz CT molecular complexity index is 299. The van der Waals surface area contributed by atoms with Gasteiger partial charge in [-0.25, -0.2) is 9.13 Å². The Balaban J connectivity index is 0.000000310. The standard InChI is InChI=1S/C7H11N2.C2H4O2/c1-4-9-6-5-8(3)7(9)2;1-2(3)4/h4-6H,1H2,2-3H3;1H3,(H,3,4)/q+1;/p-1. The lowest BCUT2D eigenvalue weighted by atomic mass is 10.7. The maximum absolute atomic E-state index is 8.89. The van der Waals surface area contributed by atoms with Gasteiger partial charge in [0.05, 0.1) is 13.2 Å². The summed E-state index contributed by atoms with van der Waals surface area (Å²) in [5.74, 6) is 0.102. The van der Waals surface area contributed by atoms with E-state index in [1.165, 1.54) is 5.82 Å². The van der Waals surface area contributed by atoms with Crippen LogP contribution in [-0.4, -0.2) is 10.5 Å². The van der Waals surface area contributed by atoms with Gasteiger partial charge in [0.15, 0.2) is 0 Å². The first-order valence-corrected chi connectivity index (χ1v) is 3.82. The number of carbonyl (C=O) groups excluding carboxylic acids is 1. The molecule has 0 atom stereocenters. The molecular weight excluding hydrogens is 168 g/mol. The average Bonchev–Trinajstić information content (AvgIpc) is 2.32. The van der Waals surface area contributed by atoms with Crippen LogP contribution < -0.4 is 9.67 Å². The van der Waals surface area contributed by atoms with Crippen molar-refractivity contribution in [3.8, 4) is 0 Å². The molecule has 1 heterocycles. The fraction of sp³-hybridized carbons (Fsp3) is 0.333. The highest BCUT2D eigenvalue weighted by atomic mass is 16.4. The van der Waals surface area contributed by atoms with E-state index in [2.05, 4.69) is 6.58 Å². The Labute approximate surface area is 77.7 Å². The van der Waals surface area contributed by atoms with Crippen LogP contribution in [0.2, 0.25) is 0 Å². The van der Waals surface area contributed by atoms with Gasteiger partial charge in [0.2, 0.25) is 0 Å². The number of nitrogens with zero attached hydrogens (tertiary/aromatic N) is 2. The fourth-order valence-corrected chi connectivity index (χ4v) is 0.763. The van der Waals surface area contributed by atoms with Crippen LogP contribution in [0.15, 0.2) is 19.0 Å². The highest BCUT2D eigenvalue weighted by Gasteiger charge is 2.02. The molecule has 1 rings (SSSR count). The number of hydrogen-bond acceptors (Lipinski definition) is 2. The van der Waals surface area contributed by atoms with Crippen molar-refractivity contribution in [2.24, 2.45) is 7.05 Å². The summed E-state index contributed by atoms with van der Waals surface area (Å²) in [6.07, 6.45) is 5.76. The Morgan fingerprint density at radius 1 is 1.77 bits per heavy atom. The molecule has 0 saturated heterocycles. The number of carboxylic acids is 1. The fourth-order valence-electron chi connectivity index (χ4n) is 0.763. The number of rotatable bonds is 1. The first-order chi connectivity index (χ1) is 5.99. The van der Waals surface area contributed by atoms with Gasteiger partial charge in [0.25, 0.3) is 5.82 Å². The van der Waals surface area contributed by atoms with E-state index in [1.807, 2.05) is 35.5 Å². The van der Waals surface area contributed by atoms with Crippen LogP contribution >= 0.6 is 0 Å². The van der Waals surface area contributed by atoms with Gasteiger partial charge < -0.3 is 9.90 Å². The summed E-state index contributed by atoms with van der Waals surface area (Å²) in [6, 6.07) is 0. The molecule has 0 aliphatic heterocycles. The van der Waals surface area contributed by atoms with Crippen LogP contribution in [-0.2, 0) is 11.8 Å². The molecule has 4 heteroatoms. The van der Waals surface area contributed by atoms with Crippen molar-refractivity contribution in [3.63, 3.8) is 0 Å². The predicted molar refractivity (Wildman–Crippen MR) is 47.4 cm³/mol.